The van der Waals surface area contributed by atoms with Crippen LogP contribution in [0.15, 0.2) is 60.2 Å². The lowest BCUT2D eigenvalue weighted by Crippen LogP contribution is -2.10. The molecule has 3 rings (SSSR count). The first kappa shape index (κ1) is 23.7. The van der Waals surface area contributed by atoms with Gasteiger partial charge in [0.1, 0.15) is 0 Å². The maximum Gasteiger partial charge on any atom is -0.00172 e. The van der Waals surface area contributed by atoms with E-state index in [0.717, 1.165) is 6.42 Å². The second kappa shape index (κ2) is 10.9. The first-order valence-corrected chi connectivity index (χ1v) is 10.6. The van der Waals surface area contributed by atoms with Crippen LogP contribution in [0, 0.1) is 0 Å². The average Bonchev–Trinajstić information content (AvgIpc) is 3.13. The second-order valence-corrected chi connectivity index (χ2v) is 7.79. The van der Waals surface area contributed by atoms with Crippen LogP contribution in [-0.4, -0.2) is 0 Å². The quantitative estimate of drug-likeness (QED) is 0.471. The third-order valence-electron chi connectivity index (χ3n) is 4.65. The van der Waals surface area contributed by atoms with Gasteiger partial charge in [-0.2, -0.15) is 0 Å². The Hall–Kier alpha value is -2.34. The van der Waals surface area contributed by atoms with E-state index in [0.29, 0.717) is 0 Å². The molecule has 2 aromatic carbocycles. The Kier molecular flexibility index (Phi) is 9.19. The Labute approximate surface area is 173 Å². The lowest BCUT2D eigenvalue weighted by atomic mass is 9.86. The summed E-state index contributed by atoms with van der Waals surface area (Å²) in [6.07, 6.45) is 7.70. The molecule has 2 aromatic rings. The van der Waals surface area contributed by atoms with Crippen LogP contribution in [0.25, 0.3) is 18.2 Å². The number of benzene rings is 2. The van der Waals surface area contributed by atoms with Gasteiger partial charge in [0.2, 0.25) is 0 Å². The molecule has 0 heteroatoms. The molecule has 0 atom stereocenters. The zero-order chi connectivity index (χ0) is 21.3. The van der Waals surface area contributed by atoms with Gasteiger partial charge in [-0.15, -0.1) is 0 Å². The summed E-state index contributed by atoms with van der Waals surface area (Å²) in [7, 11) is 0. The van der Waals surface area contributed by atoms with Crippen LogP contribution in [0.1, 0.15) is 83.2 Å². The maximum atomic E-state index is 4.06. The fourth-order valence-corrected chi connectivity index (χ4v) is 3.03. The van der Waals surface area contributed by atoms with Gasteiger partial charge in [-0.05, 0) is 58.2 Å². The summed E-state index contributed by atoms with van der Waals surface area (Å²) in [6.45, 7) is 20.9. The summed E-state index contributed by atoms with van der Waals surface area (Å²) in [4.78, 5) is 0. The molecular formula is C28H38. The molecule has 0 aliphatic heterocycles. The van der Waals surface area contributed by atoms with Crippen molar-refractivity contribution in [3.8, 4) is 0 Å². The smallest absolute Gasteiger partial charge is 0.00172 e. The van der Waals surface area contributed by atoms with Crippen LogP contribution in [0.3, 0.4) is 0 Å². The number of fused-ring (bicyclic) bond motifs is 1. The molecule has 28 heavy (non-hydrogen) atoms. The molecule has 0 heterocycles. The molecule has 0 fully saturated rings. The van der Waals surface area contributed by atoms with Crippen molar-refractivity contribution in [3.05, 3.63) is 88.0 Å². The van der Waals surface area contributed by atoms with Gasteiger partial charge >= 0.3 is 0 Å². The van der Waals surface area contributed by atoms with E-state index in [1.807, 2.05) is 27.7 Å². The van der Waals surface area contributed by atoms with Crippen molar-refractivity contribution < 1.29 is 0 Å². The molecule has 0 bridgehead atoms. The SMILES string of the molecule is C=C(C)C1=Cc2cc(/C=C/c3cccc(C(C)(C)C)c3)ccc2C1.CC.CC. The van der Waals surface area contributed by atoms with Crippen molar-refractivity contribution in [2.75, 3.05) is 0 Å². The highest BCUT2D eigenvalue weighted by Gasteiger charge is 2.14. The Bertz CT molecular complexity index is 839. The molecule has 0 aromatic heterocycles. The van der Waals surface area contributed by atoms with Crippen molar-refractivity contribution in [2.24, 2.45) is 0 Å². The number of hydrogen-bond donors (Lipinski definition) is 0. The predicted molar refractivity (Wildman–Crippen MR) is 130 cm³/mol. The minimum absolute atomic E-state index is 0.182. The second-order valence-electron chi connectivity index (χ2n) is 7.79. The summed E-state index contributed by atoms with van der Waals surface area (Å²) in [5.74, 6) is 0. The molecular weight excluding hydrogens is 336 g/mol. The summed E-state index contributed by atoms with van der Waals surface area (Å²) in [6, 6.07) is 15.5. The Morgan fingerprint density at radius 3 is 2.07 bits per heavy atom. The van der Waals surface area contributed by atoms with Crippen LogP contribution in [0.2, 0.25) is 0 Å². The summed E-state index contributed by atoms with van der Waals surface area (Å²) < 4.78 is 0. The highest BCUT2D eigenvalue weighted by molar-refractivity contribution is 5.74. The van der Waals surface area contributed by atoms with Gasteiger partial charge in [-0.1, -0.05) is 115 Å². The third kappa shape index (κ3) is 6.37. The van der Waals surface area contributed by atoms with Crippen LogP contribution in [-0.2, 0) is 11.8 Å². The Balaban J connectivity index is 0.000000921. The Morgan fingerprint density at radius 2 is 1.50 bits per heavy atom. The van der Waals surface area contributed by atoms with Gasteiger partial charge in [0.15, 0.2) is 0 Å². The van der Waals surface area contributed by atoms with Crippen LogP contribution >= 0.6 is 0 Å². The van der Waals surface area contributed by atoms with Gasteiger partial charge in [-0.25, -0.2) is 0 Å². The van der Waals surface area contributed by atoms with Gasteiger partial charge in [-0.3, -0.25) is 0 Å². The molecule has 1 aliphatic carbocycles. The number of allylic oxidation sites excluding steroid dienone is 2. The monoisotopic (exact) mass is 374 g/mol. The normalized spacial score (nSPS) is 12.4. The highest BCUT2D eigenvalue weighted by Crippen LogP contribution is 2.30. The first-order chi connectivity index (χ1) is 13.3. The molecule has 150 valence electrons. The third-order valence-corrected chi connectivity index (χ3v) is 4.65. The van der Waals surface area contributed by atoms with Crippen LogP contribution in [0.5, 0.6) is 0 Å². The van der Waals surface area contributed by atoms with E-state index >= 15 is 0 Å². The maximum absolute atomic E-state index is 4.06. The summed E-state index contributed by atoms with van der Waals surface area (Å²) in [5, 5.41) is 0. The fraction of sp³-hybridized carbons (Fsp3) is 0.357. The van der Waals surface area contributed by atoms with Gasteiger partial charge in [0, 0.05) is 0 Å². The largest absolute Gasteiger partial charge is 0.0958 e. The standard InChI is InChI=1S/C24H26.2C2H6/c1-17(2)21-15-20-12-11-19(13-22(20)16-21)10-9-18-7-6-8-23(14-18)24(3,4)5;2*1-2/h6-14,16H,1,15H2,2-5H3;2*1-2H3/b10-9+;;. The minimum Gasteiger partial charge on any atom is -0.0958 e. The minimum atomic E-state index is 0.182. The first-order valence-electron chi connectivity index (χ1n) is 10.6. The van der Waals surface area contributed by atoms with Gasteiger partial charge < -0.3 is 0 Å². The fourth-order valence-electron chi connectivity index (χ4n) is 3.03. The number of rotatable bonds is 3. The molecule has 0 nitrogen and oxygen atoms in total. The van der Waals surface area contributed by atoms with E-state index in [-0.39, 0.29) is 5.41 Å². The molecule has 1 aliphatic rings. The van der Waals surface area contributed by atoms with Crippen LogP contribution in [0.4, 0.5) is 0 Å². The van der Waals surface area contributed by atoms with Crippen molar-refractivity contribution >= 4 is 18.2 Å². The molecule has 0 N–H and O–H groups in total. The Morgan fingerprint density at radius 1 is 0.893 bits per heavy atom. The summed E-state index contributed by atoms with van der Waals surface area (Å²) >= 11 is 0. The van der Waals surface area contributed by atoms with Crippen molar-refractivity contribution in [1.82, 2.24) is 0 Å². The topological polar surface area (TPSA) is 0 Å². The van der Waals surface area contributed by atoms with E-state index < -0.39 is 0 Å². The van der Waals surface area contributed by atoms with Gasteiger partial charge in [0.25, 0.3) is 0 Å². The van der Waals surface area contributed by atoms with E-state index in [2.05, 4.69) is 95.0 Å². The molecule has 0 amide bonds. The molecule has 0 saturated heterocycles. The van der Waals surface area contributed by atoms with E-state index in [1.165, 1.54) is 39.0 Å². The van der Waals surface area contributed by atoms with Crippen LogP contribution < -0.4 is 0 Å². The highest BCUT2D eigenvalue weighted by atomic mass is 14.2. The lowest BCUT2D eigenvalue weighted by Gasteiger charge is -2.19. The lowest BCUT2D eigenvalue weighted by molar-refractivity contribution is 0.590. The zero-order valence-electron chi connectivity index (χ0n) is 19.2. The molecule has 0 saturated carbocycles. The number of hydrogen-bond acceptors (Lipinski definition) is 0. The zero-order valence-corrected chi connectivity index (χ0v) is 19.2. The summed E-state index contributed by atoms with van der Waals surface area (Å²) in [5.41, 5.74) is 9.30. The van der Waals surface area contributed by atoms with E-state index in [9.17, 15) is 0 Å². The van der Waals surface area contributed by atoms with Crippen molar-refractivity contribution in [1.29, 1.82) is 0 Å². The van der Waals surface area contributed by atoms with E-state index in [1.54, 1.807) is 0 Å². The van der Waals surface area contributed by atoms with Crippen molar-refractivity contribution in [3.63, 3.8) is 0 Å². The van der Waals surface area contributed by atoms with Gasteiger partial charge in [0.05, 0.1) is 0 Å². The molecule has 0 unspecified atom stereocenters. The predicted octanol–water partition coefficient (Wildman–Crippen LogP) is 8.72. The average molecular weight is 375 g/mol. The van der Waals surface area contributed by atoms with E-state index in [4.69, 9.17) is 0 Å². The van der Waals surface area contributed by atoms with Crippen molar-refractivity contribution in [2.45, 2.75) is 67.2 Å². The molecule has 0 radical (unpaired) electrons. The molecule has 0 spiro atoms.